The molecule has 1 aliphatic heterocycles. The van der Waals surface area contributed by atoms with Gasteiger partial charge in [0.1, 0.15) is 17.1 Å². The van der Waals surface area contributed by atoms with Crippen molar-refractivity contribution >= 4 is 17.4 Å². The van der Waals surface area contributed by atoms with Crippen LogP contribution in [-0.4, -0.2) is 4.92 Å². The van der Waals surface area contributed by atoms with Crippen molar-refractivity contribution in [2.45, 2.75) is 16.9 Å². The summed E-state index contributed by atoms with van der Waals surface area (Å²) in [6.45, 7) is 0.144. The number of thioether (sulfide) groups is 1. The summed E-state index contributed by atoms with van der Waals surface area (Å²) in [4.78, 5) is 11.0. The molecule has 0 amide bonds. The Morgan fingerprint density at radius 3 is 2.76 bits per heavy atom. The second kappa shape index (κ2) is 5.42. The maximum Gasteiger partial charge on any atom is 0.269 e. The molecule has 108 valence electrons. The fourth-order valence-corrected chi connectivity index (χ4v) is 3.17. The lowest BCUT2D eigenvalue weighted by atomic mass is 10.2. The second-order valence-corrected chi connectivity index (χ2v) is 5.58. The molecule has 0 saturated carbocycles. The number of hydrogen-bond acceptors (Lipinski definition) is 4. The van der Waals surface area contributed by atoms with Crippen molar-refractivity contribution in [1.29, 1.82) is 0 Å². The maximum atomic E-state index is 13.8. The summed E-state index contributed by atoms with van der Waals surface area (Å²) in [5, 5.41) is 10.7. The average Bonchev–Trinajstić information content (AvgIpc) is 2.46. The predicted octanol–water partition coefficient (Wildman–Crippen LogP) is 4.19. The average molecular weight is 309 g/mol. The lowest BCUT2D eigenvalue weighted by Gasteiger charge is -2.25. The first-order valence-electron chi connectivity index (χ1n) is 6.05. The number of rotatable bonds is 2. The standard InChI is InChI=1S/C14H9F2NO3S/c15-9-1-3-11(12(16)6-9)14-20-7-8-5-10(17(18)19)2-4-13(8)21-14/h1-6,14H,7H2. The fourth-order valence-electron chi connectivity index (χ4n) is 2.07. The van der Waals surface area contributed by atoms with Crippen LogP contribution in [0.3, 0.4) is 0 Å². The predicted molar refractivity (Wildman–Crippen MR) is 72.8 cm³/mol. The highest BCUT2D eigenvalue weighted by atomic mass is 32.2. The van der Waals surface area contributed by atoms with Gasteiger partial charge >= 0.3 is 0 Å². The summed E-state index contributed by atoms with van der Waals surface area (Å²) in [5.74, 6) is -1.31. The summed E-state index contributed by atoms with van der Waals surface area (Å²) in [6.07, 6.45) is 0. The van der Waals surface area contributed by atoms with Gasteiger partial charge in [-0.15, -0.1) is 0 Å². The number of fused-ring (bicyclic) bond motifs is 1. The van der Waals surface area contributed by atoms with Crippen LogP contribution < -0.4 is 0 Å². The minimum absolute atomic E-state index is 0.00985. The molecule has 0 bridgehead atoms. The maximum absolute atomic E-state index is 13.8. The number of ether oxygens (including phenoxy) is 1. The van der Waals surface area contributed by atoms with Crippen molar-refractivity contribution in [2.75, 3.05) is 0 Å². The molecule has 7 heteroatoms. The molecule has 2 aromatic carbocycles. The monoisotopic (exact) mass is 309 g/mol. The molecule has 0 N–H and O–H groups in total. The lowest BCUT2D eigenvalue weighted by molar-refractivity contribution is -0.385. The number of non-ortho nitro benzene ring substituents is 1. The van der Waals surface area contributed by atoms with Crippen molar-refractivity contribution in [1.82, 2.24) is 0 Å². The molecule has 0 aliphatic carbocycles. The highest BCUT2D eigenvalue weighted by molar-refractivity contribution is 7.99. The van der Waals surface area contributed by atoms with Gasteiger partial charge in [-0.2, -0.15) is 0 Å². The van der Waals surface area contributed by atoms with E-state index < -0.39 is 22.0 Å². The molecule has 1 unspecified atom stereocenters. The van der Waals surface area contributed by atoms with Gasteiger partial charge in [-0.3, -0.25) is 10.1 Å². The summed E-state index contributed by atoms with van der Waals surface area (Å²) >= 11 is 1.24. The molecule has 0 spiro atoms. The van der Waals surface area contributed by atoms with Gasteiger partial charge in [0.2, 0.25) is 0 Å². The van der Waals surface area contributed by atoms with Gasteiger partial charge in [0.25, 0.3) is 5.69 Å². The summed E-state index contributed by atoms with van der Waals surface area (Å²) in [5.41, 5.74) is 0.335. The Hall–Kier alpha value is -1.99. The summed E-state index contributed by atoms with van der Waals surface area (Å²) < 4.78 is 32.2. The van der Waals surface area contributed by atoms with Crippen molar-refractivity contribution < 1.29 is 18.4 Å². The Labute approximate surface area is 122 Å². The normalized spacial score (nSPS) is 17.3. The van der Waals surface area contributed by atoms with E-state index in [1.807, 2.05) is 0 Å². The van der Waals surface area contributed by atoms with E-state index in [0.29, 0.717) is 5.56 Å². The number of nitro benzene ring substituents is 1. The van der Waals surface area contributed by atoms with E-state index in [1.54, 1.807) is 6.07 Å². The number of nitrogens with zero attached hydrogens (tertiary/aromatic N) is 1. The molecule has 1 heterocycles. The minimum atomic E-state index is -0.669. The third kappa shape index (κ3) is 2.74. The van der Waals surface area contributed by atoms with Crippen LogP contribution in [0.25, 0.3) is 0 Å². The van der Waals surface area contributed by atoms with Gasteiger partial charge in [0.15, 0.2) is 0 Å². The van der Waals surface area contributed by atoms with Crippen molar-refractivity contribution in [3.63, 3.8) is 0 Å². The van der Waals surface area contributed by atoms with Crippen molar-refractivity contribution in [3.05, 3.63) is 69.3 Å². The molecule has 4 nitrogen and oxygen atoms in total. The number of halogens is 2. The smallest absolute Gasteiger partial charge is 0.269 e. The van der Waals surface area contributed by atoms with Crippen LogP contribution in [-0.2, 0) is 11.3 Å². The molecule has 0 radical (unpaired) electrons. The Balaban J connectivity index is 1.89. The van der Waals surface area contributed by atoms with E-state index in [9.17, 15) is 18.9 Å². The van der Waals surface area contributed by atoms with Gasteiger partial charge in [0, 0.05) is 28.7 Å². The zero-order valence-corrected chi connectivity index (χ0v) is 11.4. The molecule has 1 aliphatic rings. The summed E-state index contributed by atoms with van der Waals surface area (Å²) in [6, 6.07) is 7.79. The number of benzene rings is 2. The molecule has 1 atom stereocenters. The topological polar surface area (TPSA) is 52.4 Å². The first-order chi connectivity index (χ1) is 10.0. The van der Waals surface area contributed by atoms with E-state index >= 15 is 0 Å². The quantitative estimate of drug-likeness (QED) is 0.616. The van der Waals surface area contributed by atoms with Gasteiger partial charge in [-0.25, -0.2) is 8.78 Å². The third-order valence-electron chi connectivity index (χ3n) is 3.10. The van der Waals surface area contributed by atoms with Crippen LogP contribution in [0.2, 0.25) is 0 Å². The van der Waals surface area contributed by atoms with Crippen LogP contribution in [0.15, 0.2) is 41.3 Å². The Morgan fingerprint density at radius 1 is 1.24 bits per heavy atom. The van der Waals surface area contributed by atoms with Gasteiger partial charge in [-0.1, -0.05) is 11.8 Å². The fraction of sp³-hybridized carbons (Fsp3) is 0.143. The molecular weight excluding hydrogens is 300 g/mol. The van der Waals surface area contributed by atoms with Crippen LogP contribution in [0.1, 0.15) is 16.6 Å². The Morgan fingerprint density at radius 2 is 2.05 bits per heavy atom. The van der Waals surface area contributed by atoms with Gasteiger partial charge < -0.3 is 4.74 Å². The molecule has 3 rings (SSSR count). The van der Waals surface area contributed by atoms with Crippen LogP contribution in [0.4, 0.5) is 14.5 Å². The van der Waals surface area contributed by atoms with Crippen LogP contribution in [0, 0.1) is 21.7 Å². The van der Waals surface area contributed by atoms with E-state index in [0.717, 1.165) is 11.0 Å². The molecule has 21 heavy (non-hydrogen) atoms. The Bertz CT molecular complexity index is 723. The van der Waals surface area contributed by atoms with E-state index in [-0.39, 0.29) is 17.9 Å². The molecular formula is C14H9F2NO3S. The highest BCUT2D eigenvalue weighted by Gasteiger charge is 2.25. The zero-order valence-electron chi connectivity index (χ0n) is 10.6. The number of hydrogen-bond donors (Lipinski definition) is 0. The first kappa shape index (κ1) is 14.0. The van der Waals surface area contributed by atoms with Crippen LogP contribution >= 0.6 is 11.8 Å². The lowest BCUT2D eigenvalue weighted by Crippen LogP contribution is -2.09. The van der Waals surface area contributed by atoms with E-state index in [4.69, 9.17) is 4.74 Å². The summed E-state index contributed by atoms with van der Waals surface area (Å²) in [7, 11) is 0. The largest absolute Gasteiger partial charge is 0.358 e. The van der Waals surface area contributed by atoms with E-state index in [1.165, 1.54) is 36.0 Å². The van der Waals surface area contributed by atoms with Gasteiger partial charge in [-0.05, 0) is 23.8 Å². The SMILES string of the molecule is O=[N+]([O-])c1ccc2c(c1)COC(c1ccc(F)cc1F)S2. The molecule has 0 aromatic heterocycles. The molecule has 0 fully saturated rings. The first-order valence-corrected chi connectivity index (χ1v) is 6.93. The second-order valence-electron chi connectivity index (χ2n) is 4.48. The zero-order chi connectivity index (χ0) is 15.0. The highest BCUT2D eigenvalue weighted by Crippen LogP contribution is 2.44. The minimum Gasteiger partial charge on any atom is -0.358 e. The molecule has 0 saturated heterocycles. The van der Waals surface area contributed by atoms with Gasteiger partial charge in [0.05, 0.1) is 11.5 Å². The van der Waals surface area contributed by atoms with Crippen LogP contribution in [0.5, 0.6) is 0 Å². The van der Waals surface area contributed by atoms with Crippen molar-refractivity contribution in [3.8, 4) is 0 Å². The third-order valence-corrected chi connectivity index (χ3v) is 4.35. The Kier molecular flexibility index (Phi) is 3.60. The molecule has 2 aromatic rings. The van der Waals surface area contributed by atoms with Crippen molar-refractivity contribution in [2.24, 2.45) is 0 Å². The van der Waals surface area contributed by atoms with E-state index in [2.05, 4.69) is 0 Å². The number of nitro groups is 1.